The van der Waals surface area contributed by atoms with Gasteiger partial charge in [-0.05, 0) is 48.1 Å². The fourth-order valence-corrected chi connectivity index (χ4v) is 4.47. The third kappa shape index (κ3) is 1.89. The Hall–Kier alpha value is -1.31. The molecule has 3 atom stereocenters. The number of carbonyl (C=O) groups is 1. The summed E-state index contributed by atoms with van der Waals surface area (Å²) in [5, 5.41) is 3.32. The van der Waals surface area contributed by atoms with E-state index in [0.29, 0.717) is 11.5 Å². The molecule has 2 aliphatic carbocycles. The van der Waals surface area contributed by atoms with Gasteiger partial charge in [0.05, 0.1) is 0 Å². The van der Waals surface area contributed by atoms with Crippen LogP contribution in [0.3, 0.4) is 0 Å². The molecule has 2 bridgehead atoms. The SMILES string of the molecule is CC12CCC(C1)C(C)(C)[C@@H]2NC(=O)c1ccccc1. The Morgan fingerprint density at radius 3 is 2.47 bits per heavy atom. The van der Waals surface area contributed by atoms with Crippen molar-refractivity contribution in [3.05, 3.63) is 35.9 Å². The van der Waals surface area contributed by atoms with Crippen molar-refractivity contribution in [2.75, 3.05) is 0 Å². The van der Waals surface area contributed by atoms with E-state index in [-0.39, 0.29) is 11.3 Å². The molecule has 0 aliphatic heterocycles. The maximum atomic E-state index is 12.4. The van der Waals surface area contributed by atoms with Crippen LogP contribution in [0.15, 0.2) is 30.3 Å². The first kappa shape index (κ1) is 12.7. The summed E-state index contributed by atoms with van der Waals surface area (Å²) in [4.78, 5) is 12.4. The van der Waals surface area contributed by atoms with Crippen molar-refractivity contribution >= 4 is 5.91 Å². The Labute approximate surface area is 115 Å². The van der Waals surface area contributed by atoms with E-state index < -0.39 is 0 Å². The van der Waals surface area contributed by atoms with Crippen molar-refractivity contribution in [3.8, 4) is 0 Å². The first-order valence-electron chi connectivity index (χ1n) is 7.29. The zero-order valence-electron chi connectivity index (χ0n) is 12.1. The summed E-state index contributed by atoms with van der Waals surface area (Å²) in [6.07, 6.45) is 3.84. The molecule has 2 nitrogen and oxygen atoms in total. The van der Waals surface area contributed by atoms with Gasteiger partial charge in [0.15, 0.2) is 0 Å². The van der Waals surface area contributed by atoms with Gasteiger partial charge in [-0.25, -0.2) is 0 Å². The average molecular weight is 257 g/mol. The van der Waals surface area contributed by atoms with Crippen LogP contribution in [-0.2, 0) is 0 Å². The monoisotopic (exact) mass is 257 g/mol. The zero-order chi connectivity index (χ0) is 13.7. The average Bonchev–Trinajstić information content (AvgIpc) is 2.87. The highest BCUT2D eigenvalue weighted by Crippen LogP contribution is 2.62. The Morgan fingerprint density at radius 2 is 1.89 bits per heavy atom. The van der Waals surface area contributed by atoms with Crippen LogP contribution in [-0.4, -0.2) is 11.9 Å². The van der Waals surface area contributed by atoms with Crippen molar-refractivity contribution in [3.63, 3.8) is 0 Å². The molecule has 2 heteroatoms. The third-order valence-corrected chi connectivity index (χ3v) is 5.58. The molecular formula is C17H23NO. The lowest BCUT2D eigenvalue weighted by molar-refractivity contribution is 0.0737. The Morgan fingerprint density at radius 1 is 1.21 bits per heavy atom. The summed E-state index contributed by atoms with van der Waals surface area (Å²) in [5.74, 6) is 0.839. The van der Waals surface area contributed by atoms with Gasteiger partial charge >= 0.3 is 0 Å². The van der Waals surface area contributed by atoms with Gasteiger partial charge in [-0.2, -0.15) is 0 Å². The van der Waals surface area contributed by atoms with E-state index >= 15 is 0 Å². The Kier molecular flexibility index (Phi) is 2.74. The van der Waals surface area contributed by atoms with Crippen molar-refractivity contribution in [2.24, 2.45) is 16.7 Å². The molecule has 0 spiro atoms. The molecule has 102 valence electrons. The highest BCUT2D eigenvalue weighted by Gasteiger charge is 2.59. The minimum Gasteiger partial charge on any atom is -0.348 e. The van der Waals surface area contributed by atoms with E-state index in [1.54, 1.807) is 0 Å². The minimum absolute atomic E-state index is 0.0763. The molecule has 0 heterocycles. The maximum Gasteiger partial charge on any atom is 0.251 e. The summed E-state index contributed by atoms with van der Waals surface area (Å²) in [6, 6.07) is 9.85. The van der Waals surface area contributed by atoms with Gasteiger partial charge in [0.25, 0.3) is 5.91 Å². The Balaban J connectivity index is 1.82. The summed E-state index contributed by atoms with van der Waals surface area (Å²) < 4.78 is 0. The minimum atomic E-state index is 0.0763. The summed E-state index contributed by atoms with van der Waals surface area (Å²) in [5.41, 5.74) is 1.28. The standard InChI is InChI=1S/C17H23NO/c1-16(2)13-9-10-17(3,11-13)15(16)18-14(19)12-7-5-4-6-8-12/h4-8,13,15H,9-11H2,1-3H3,(H,18,19)/t13?,15-,17?/m0/s1. The lowest BCUT2D eigenvalue weighted by Crippen LogP contribution is -2.52. The topological polar surface area (TPSA) is 29.1 Å². The lowest BCUT2D eigenvalue weighted by atomic mass is 9.68. The quantitative estimate of drug-likeness (QED) is 0.861. The van der Waals surface area contributed by atoms with Crippen LogP contribution >= 0.6 is 0 Å². The molecule has 2 fully saturated rings. The van der Waals surface area contributed by atoms with Crippen LogP contribution in [0, 0.1) is 16.7 Å². The highest BCUT2D eigenvalue weighted by atomic mass is 16.1. The van der Waals surface area contributed by atoms with Crippen molar-refractivity contribution in [2.45, 2.75) is 46.1 Å². The van der Waals surface area contributed by atoms with E-state index in [2.05, 4.69) is 26.1 Å². The van der Waals surface area contributed by atoms with Gasteiger partial charge in [-0.1, -0.05) is 39.0 Å². The largest absolute Gasteiger partial charge is 0.348 e. The second-order valence-electron chi connectivity index (χ2n) is 7.19. The van der Waals surface area contributed by atoms with Crippen LogP contribution in [0.1, 0.15) is 50.4 Å². The van der Waals surface area contributed by atoms with Crippen LogP contribution in [0.2, 0.25) is 0 Å². The number of hydrogen-bond donors (Lipinski definition) is 1. The summed E-state index contributed by atoms with van der Waals surface area (Å²) in [6.45, 7) is 6.98. The normalized spacial score (nSPS) is 35.3. The van der Waals surface area contributed by atoms with Crippen molar-refractivity contribution < 1.29 is 4.79 Å². The van der Waals surface area contributed by atoms with Crippen LogP contribution in [0.25, 0.3) is 0 Å². The predicted molar refractivity (Wildman–Crippen MR) is 76.9 cm³/mol. The molecule has 1 amide bonds. The molecule has 2 unspecified atom stereocenters. The van der Waals surface area contributed by atoms with Gasteiger partial charge in [-0.15, -0.1) is 0 Å². The molecule has 2 saturated carbocycles. The van der Waals surface area contributed by atoms with Crippen LogP contribution < -0.4 is 5.32 Å². The number of fused-ring (bicyclic) bond motifs is 2. The van der Waals surface area contributed by atoms with Gasteiger partial charge in [0.1, 0.15) is 0 Å². The molecule has 1 N–H and O–H groups in total. The van der Waals surface area contributed by atoms with Gasteiger partial charge < -0.3 is 5.32 Å². The molecule has 1 aromatic carbocycles. The number of hydrogen-bond acceptors (Lipinski definition) is 1. The van der Waals surface area contributed by atoms with E-state index in [9.17, 15) is 4.79 Å². The number of nitrogens with one attached hydrogen (secondary N) is 1. The molecule has 3 rings (SSSR count). The second-order valence-corrected chi connectivity index (χ2v) is 7.19. The lowest BCUT2D eigenvalue weighted by Gasteiger charge is -2.43. The third-order valence-electron chi connectivity index (χ3n) is 5.58. The van der Waals surface area contributed by atoms with Crippen LogP contribution in [0.5, 0.6) is 0 Å². The first-order chi connectivity index (χ1) is 8.93. The van der Waals surface area contributed by atoms with Gasteiger partial charge in [-0.3, -0.25) is 4.79 Å². The molecule has 0 radical (unpaired) electrons. The maximum absolute atomic E-state index is 12.4. The molecule has 2 aliphatic rings. The number of amides is 1. The zero-order valence-corrected chi connectivity index (χ0v) is 12.1. The van der Waals surface area contributed by atoms with E-state index in [1.807, 2.05) is 30.3 Å². The van der Waals surface area contributed by atoms with Crippen LogP contribution in [0.4, 0.5) is 0 Å². The smallest absolute Gasteiger partial charge is 0.251 e. The highest BCUT2D eigenvalue weighted by molar-refractivity contribution is 5.94. The number of carbonyl (C=O) groups excluding carboxylic acids is 1. The summed E-state index contributed by atoms with van der Waals surface area (Å²) >= 11 is 0. The molecule has 0 aromatic heterocycles. The molecule has 1 aromatic rings. The fourth-order valence-electron chi connectivity index (χ4n) is 4.47. The molecule has 19 heavy (non-hydrogen) atoms. The van der Waals surface area contributed by atoms with E-state index in [0.717, 1.165) is 11.5 Å². The first-order valence-corrected chi connectivity index (χ1v) is 7.29. The predicted octanol–water partition coefficient (Wildman–Crippen LogP) is 3.63. The summed E-state index contributed by atoms with van der Waals surface area (Å²) in [7, 11) is 0. The molecular weight excluding hydrogens is 234 g/mol. The van der Waals surface area contributed by atoms with Crippen molar-refractivity contribution in [1.29, 1.82) is 0 Å². The molecule has 0 saturated heterocycles. The van der Waals surface area contributed by atoms with Gasteiger partial charge in [0, 0.05) is 11.6 Å². The van der Waals surface area contributed by atoms with E-state index in [4.69, 9.17) is 0 Å². The second kappa shape index (κ2) is 4.09. The van der Waals surface area contributed by atoms with Gasteiger partial charge in [0.2, 0.25) is 0 Å². The number of benzene rings is 1. The van der Waals surface area contributed by atoms with Crippen molar-refractivity contribution in [1.82, 2.24) is 5.32 Å². The number of rotatable bonds is 2. The fraction of sp³-hybridized carbons (Fsp3) is 0.588. The Bertz CT molecular complexity index is 488. The van der Waals surface area contributed by atoms with E-state index in [1.165, 1.54) is 19.3 Å².